The molecule has 98 valence electrons. The molecule has 0 spiro atoms. The molecule has 0 aromatic carbocycles. The van der Waals surface area contributed by atoms with Crippen molar-refractivity contribution < 1.29 is 4.92 Å². The van der Waals surface area contributed by atoms with Gasteiger partial charge in [-0.25, -0.2) is 4.98 Å². The van der Waals surface area contributed by atoms with E-state index >= 15 is 0 Å². The minimum absolute atomic E-state index is 0.0750. The molecule has 1 saturated carbocycles. The number of rotatable bonds is 5. The van der Waals surface area contributed by atoms with Gasteiger partial charge in [0, 0.05) is 25.7 Å². The van der Waals surface area contributed by atoms with Crippen molar-refractivity contribution in [2.45, 2.75) is 32.2 Å². The number of nitro groups is 1. The second-order valence-corrected chi connectivity index (χ2v) is 4.52. The van der Waals surface area contributed by atoms with Crippen molar-refractivity contribution in [2.24, 2.45) is 0 Å². The van der Waals surface area contributed by atoms with Gasteiger partial charge in [-0.1, -0.05) is 0 Å². The van der Waals surface area contributed by atoms with Gasteiger partial charge in [0.25, 0.3) is 0 Å². The summed E-state index contributed by atoms with van der Waals surface area (Å²) in [5.74, 6) is 1.15. The summed E-state index contributed by atoms with van der Waals surface area (Å²) in [5.41, 5.74) is 0.0750. The Hall–Kier alpha value is -1.85. The summed E-state index contributed by atoms with van der Waals surface area (Å²) >= 11 is 0. The molecular weight excluding hydrogens is 232 g/mol. The predicted molar refractivity (Wildman–Crippen MR) is 71.1 cm³/mol. The molecule has 0 unspecified atom stereocenters. The molecule has 6 heteroatoms. The lowest BCUT2D eigenvalue weighted by Crippen LogP contribution is -2.38. The Labute approximate surface area is 106 Å². The van der Waals surface area contributed by atoms with Crippen LogP contribution in [0.5, 0.6) is 0 Å². The van der Waals surface area contributed by atoms with Crippen molar-refractivity contribution in [1.82, 2.24) is 4.98 Å². The third kappa shape index (κ3) is 2.37. The number of hydrogen-bond acceptors (Lipinski definition) is 5. The van der Waals surface area contributed by atoms with Gasteiger partial charge in [0.15, 0.2) is 0 Å². The molecular formula is C12H18N4O2. The summed E-state index contributed by atoms with van der Waals surface area (Å²) in [6, 6.07) is 3.56. The molecule has 6 nitrogen and oxygen atoms in total. The fourth-order valence-electron chi connectivity index (χ4n) is 2.07. The first-order chi connectivity index (χ1) is 8.63. The van der Waals surface area contributed by atoms with E-state index in [1.54, 1.807) is 6.07 Å². The molecule has 1 aliphatic carbocycles. The second-order valence-electron chi connectivity index (χ2n) is 4.52. The second kappa shape index (κ2) is 5.20. The van der Waals surface area contributed by atoms with Crippen molar-refractivity contribution in [1.29, 1.82) is 0 Å². The molecule has 1 aromatic rings. The van der Waals surface area contributed by atoms with Crippen molar-refractivity contribution in [2.75, 3.05) is 23.8 Å². The third-order valence-electron chi connectivity index (χ3n) is 3.37. The van der Waals surface area contributed by atoms with Gasteiger partial charge in [-0.15, -0.1) is 0 Å². The molecule has 0 radical (unpaired) electrons. The quantitative estimate of drug-likeness (QED) is 0.641. The van der Waals surface area contributed by atoms with Crippen molar-refractivity contribution >= 4 is 17.3 Å². The van der Waals surface area contributed by atoms with Gasteiger partial charge in [-0.05, 0) is 32.3 Å². The van der Waals surface area contributed by atoms with E-state index in [1.807, 2.05) is 18.9 Å². The standard InChI is InChI=1S/C12H18N4O2/c1-3-13-11-8-7-10(16(17)18)12(14-11)15(2)9-5-4-6-9/h7-9H,3-6H2,1-2H3,(H,13,14). The molecule has 0 bridgehead atoms. The maximum atomic E-state index is 11.0. The molecule has 1 N–H and O–H groups in total. The lowest BCUT2D eigenvalue weighted by Gasteiger charge is -2.35. The number of pyridine rings is 1. The van der Waals surface area contributed by atoms with Crippen LogP contribution in [0.15, 0.2) is 12.1 Å². The fraction of sp³-hybridized carbons (Fsp3) is 0.583. The lowest BCUT2D eigenvalue weighted by molar-refractivity contribution is -0.384. The molecule has 0 amide bonds. The van der Waals surface area contributed by atoms with Crippen LogP contribution < -0.4 is 10.2 Å². The Morgan fingerprint density at radius 3 is 2.78 bits per heavy atom. The van der Waals surface area contributed by atoms with E-state index in [1.165, 1.54) is 12.5 Å². The van der Waals surface area contributed by atoms with E-state index in [9.17, 15) is 10.1 Å². The Bertz CT molecular complexity index is 446. The Morgan fingerprint density at radius 1 is 1.56 bits per heavy atom. The molecule has 0 aliphatic heterocycles. The van der Waals surface area contributed by atoms with Crippen LogP contribution in [-0.4, -0.2) is 29.5 Å². The van der Waals surface area contributed by atoms with Gasteiger partial charge in [-0.3, -0.25) is 10.1 Å². The molecule has 0 saturated heterocycles. The molecule has 1 fully saturated rings. The number of anilines is 2. The Morgan fingerprint density at radius 2 is 2.28 bits per heavy atom. The summed E-state index contributed by atoms with van der Waals surface area (Å²) in [4.78, 5) is 17.0. The first-order valence-corrected chi connectivity index (χ1v) is 6.25. The molecule has 1 aromatic heterocycles. The first kappa shape index (κ1) is 12.6. The van der Waals surface area contributed by atoms with Gasteiger partial charge in [0.2, 0.25) is 5.82 Å². The van der Waals surface area contributed by atoms with Gasteiger partial charge < -0.3 is 10.2 Å². The monoisotopic (exact) mass is 250 g/mol. The maximum Gasteiger partial charge on any atom is 0.311 e. The van der Waals surface area contributed by atoms with Crippen LogP contribution >= 0.6 is 0 Å². The number of aromatic nitrogens is 1. The zero-order valence-electron chi connectivity index (χ0n) is 10.7. The molecule has 1 heterocycles. The van der Waals surface area contributed by atoms with Crippen LogP contribution in [0.4, 0.5) is 17.3 Å². The largest absolute Gasteiger partial charge is 0.370 e. The highest BCUT2D eigenvalue weighted by Crippen LogP contribution is 2.33. The Kier molecular flexibility index (Phi) is 3.64. The van der Waals surface area contributed by atoms with Crippen LogP contribution in [0.1, 0.15) is 26.2 Å². The van der Waals surface area contributed by atoms with E-state index in [0.717, 1.165) is 19.4 Å². The van der Waals surface area contributed by atoms with Crippen molar-refractivity contribution in [3.8, 4) is 0 Å². The summed E-state index contributed by atoms with van der Waals surface area (Å²) in [7, 11) is 1.88. The summed E-state index contributed by atoms with van der Waals surface area (Å²) in [5, 5.41) is 14.1. The number of nitrogens with one attached hydrogen (secondary N) is 1. The van der Waals surface area contributed by atoms with Gasteiger partial charge in [0.1, 0.15) is 5.82 Å². The highest BCUT2D eigenvalue weighted by Gasteiger charge is 2.28. The topological polar surface area (TPSA) is 71.3 Å². The van der Waals surface area contributed by atoms with E-state index in [2.05, 4.69) is 10.3 Å². The normalized spacial score (nSPS) is 15.0. The molecule has 1 aliphatic rings. The van der Waals surface area contributed by atoms with Crippen LogP contribution in [0, 0.1) is 10.1 Å². The fourth-order valence-corrected chi connectivity index (χ4v) is 2.07. The number of nitrogens with zero attached hydrogens (tertiary/aromatic N) is 3. The van der Waals surface area contributed by atoms with Crippen LogP contribution in [0.2, 0.25) is 0 Å². The highest BCUT2D eigenvalue weighted by molar-refractivity contribution is 5.62. The average Bonchev–Trinajstić information content (AvgIpc) is 2.26. The van der Waals surface area contributed by atoms with E-state index in [4.69, 9.17) is 0 Å². The van der Waals surface area contributed by atoms with E-state index in [-0.39, 0.29) is 10.6 Å². The highest BCUT2D eigenvalue weighted by atomic mass is 16.6. The SMILES string of the molecule is CCNc1ccc([N+](=O)[O-])c(N(C)C2CCC2)n1. The smallest absolute Gasteiger partial charge is 0.311 e. The van der Waals surface area contributed by atoms with Gasteiger partial charge in [-0.2, -0.15) is 0 Å². The minimum Gasteiger partial charge on any atom is -0.370 e. The molecule has 0 atom stereocenters. The molecule has 18 heavy (non-hydrogen) atoms. The first-order valence-electron chi connectivity index (χ1n) is 6.25. The summed E-state index contributed by atoms with van der Waals surface area (Å²) < 4.78 is 0. The lowest BCUT2D eigenvalue weighted by atomic mass is 9.92. The number of hydrogen-bond donors (Lipinski definition) is 1. The summed E-state index contributed by atoms with van der Waals surface area (Å²) in [6.45, 7) is 2.72. The van der Waals surface area contributed by atoms with Gasteiger partial charge >= 0.3 is 5.69 Å². The maximum absolute atomic E-state index is 11.0. The molecule has 2 rings (SSSR count). The Balaban J connectivity index is 2.32. The zero-order valence-corrected chi connectivity index (χ0v) is 10.7. The van der Waals surface area contributed by atoms with Crippen molar-refractivity contribution in [3.05, 3.63) is 22.2 Å². The van der Waals surface area contributed by atoms with E-state index in [0.29, 0.717) is 17.7 Å². The van der Waals surface area contributed by atoms with Crippen LogP contribution in [0.25, 0.3) is 0 Å². The van der Waals surface area contributed by atoms with Crippen LogP contribution in [0.3, 0.4) is 0 Å². The summed E-state index contributed by atoms with van der Waals surface area (Å²) in [6.07, 6.45) is 3.36. The van der Waals surface area contributed by atoms with Crippen LogP contribution in [-0.2, 0) is 0 Å². The van der Waals surface area contributed by atoms with Gasteiger partial charge in [0.05, 0.1) is 4.92 Å². The minimum atomic E-state index is -0.368. The average molecular weight is 250 g/mol. The van der Waals surface area contributed by atoms with E-state index < -0.39 is 0 Å². The zero-order chi connectivity index (χ0) is 13.1. The third-order valence-corrected chi connectivity index (χ3v) is 3.37. The van der Waals surface area contributed by atoms with Crippen molar-refractivity contribution in [3.63, 3.8) is 0 Å². The predicted octanol–water partition coefficient (Wildman–Crippen LogP) is 2.41.